The molecular weight excluding hydrogens is 371 g/mol. The Bertz CT molecular complexity index is 888. The number of methoxy groups -OCH3 is 1. The van der Waals surface area contributed by atoms with E-state index >= 15 is 0 Å². The maximum atomic E-state index is 13.2. The van der Waals surface area contributed by atoms with Crippen LogP contribution < -0.4 is 0 Å². The molecule has 3 rings (SSSR count). The van der Waals surface area contributed by atoms with E-state index in [0.29, 0.717) is 5.56 Å². The summed E-state index contributed by atoms with van der Waals surface area (Å²) in [5.74, 6) is -0.685. The molecule has 0 N–H and O–H groups in total. The molecule has 24 heavy (non-hydrogen) atoms. The van der Waals surface area contributed by atoms with Crippen molar-refractivity contribution in [3.8, 4) is 22.3 Å². The van der Waals surface area contributed by atoms with Crippen LogP contribution >= 0.6 is 15.9 Å². The molecule has 0 spiro atoms. The maximum Gasteiger partial charge on any atom is 0.338 e. The molecule has 0 saturated carbocycles. The van der Waals surface area contributed by atoms with Gasteiger partial charge in [0.15, 0.2) is 0 Å². The standard InChI is InChI=1S/C20H14BrFO2/c1-24-20(23)19-12-14(21)8-11-18(19)17-5-3-2-4-16(17)13-6-9-15(22)10-7-13/h2-12H,1H3. The minimum absolute atomic E-state index is 0.282. The van der Waals surface area contributed by atoms with Crippen molar-refractivity contribution in [2.24, 2.45) is 0 Å². The van der Waals surface area contributed by atoms with Gasteiger partial charge in [0.05, 0.1) is 12.7 Å². The number of hydrogen-bond donors (Lipinski definition) is 0. The van der Waals surface area contributed by atoms with Crippen molar-refractivity contribution in [1.29, 1.82) is 0 Å². The van der Waals surface area contributed by atoms with Crippen LogP contribution in [0.5, 0.6) is 0 Å². The third-order valence-corrected chi connectivity index (χ3v) is 4.25. The average molecular weight is 385 g/mol. The second kappa shape index (κ2) is 6.97. The minimum Gasteiger partial charge on any atom is -0.465 e. The molecule has 0 unspecified atom stereocenters. The number of halogens is 2. The van der Waals surface area contributed by atoms with E-state index in [1.165, 1.54) is 19.2 Å². The molecule has 0 aliphatic carbocycles. The van der Waals surface area contributed by atoms with E-state index in [1.54, 1.807) is 18.2 Å². The molecule has 0 saturated heterocycles. The summed E-state index contributed by atoms with van der Waals surface area (Å²) in [5.41, 5.74) is 3.93. The zero-order valence-electron chi connectivity index (χ0n) is 12.9. The number of carbonyl (C=O) groups excluding carboxylic acids is 1. The third-order valence-electron chi connectivity index (χ3n) is 3.76. The summed E-state index contributed by atoms with van der Waals surface area (Å²) in [4.78, 5) is 12.2. The first-order valence-corrected chi connectivity index (χ1v) is 8.12. The fourth-order valence-corrected chi connectivity index (χ4v) is 2.99. The van der Waals surface area contributed by atoms with Crippen LogP contribution in [0.25, 0.3) is 22.3 Å². The second-order valence-corrected chi connectivity index (χ2v) is 6.15. The van der Waals surface area contributed by atoms with E-state index in [1.807, 2.05) is 36.4 Å². The Hall–Kier alpha value is -2.46. The minimum atomic E-state index is -0.403. The molecule has 2 nitrogen and oxygen atoms in total. The number of ether oxygens (including phenoxy) is 1. The lowest BCUT2D eigenvalue weighted by molar-refractivity contribution is 0.0601. The van der Waals surface area contributed by atoms with Gasteiger partial charge in [0.25, 0.3) is 0 Å². The van der Waals surface area contributed by atoms with E-state index in [0.717, 1.165) is 26.7 Å². The Morgan fingerprint density at radius 1 is 0.917 bits per heavy atom. The Balaban J connectivity index is 2.21. The molecule has 4 heteroatoms. The van der Waals surface area contributed by atoms with Crippen molar-refractivity contribution in [3.63, 3.8) is 0 Å². The lowest BCUT2D eigenvalue weighted by Crippen LogP contribution is -2.04. The molecule has 0 atom stereocenters. The van der Waals surface area contributed by atoms with Crippen LogP contribution in [-0.2, 0) is 4.74 Å². The smallest absolute Gasteiger partial charge is 0.338 e. The fraction of sp³-hybridized carbons (Fsp3) is 0.0500. The van der Waals surface area contributed by atoms with Crippen molar-refractivity contribution in [1.82, 2.24) is 0 Å². The van der Waals surface area contributed by atoms with Crippen LogP contribution in [0.4, 0.5) is 4.39 Å². The molecule has 0 aliphatic rings. The molecule has 0 aromatic heterocycles. The molecule has 0 bridgehead atoms. The molecule has 120 valence electrons. The SMILES string of the molecule is COC(=O)c1cc(Br)ccc1-c1ccccc1-c1ccc(F)cc1. The molecule has 0 aliphatic heterocycles. The molecule has 0 radical (unpaired) electrons. The maximum absolute atomic E-state index is 13.2. The van der Waals surface area contributed by atoms with Crippen LogP contribution in [0.2, 0.25) is 0 Å². The van der Waals surface area contributed by atoms with E-state index < -0.39 is 5.97 Å². The van der Waals surface area contributed by atoms with Crippen molar-refractivity contribution < 1.29 is 13.9 Å². The number of carbonyl (C=O) groups is 1. The largest absolute Gasteiger partial charge is 0.465 e. The van der Waals surface area contributed by atoms with Crippen LogP contribution in [0.1, 0.15) is 10.4 Å². The van der Waals surface area contributed by atoms with E-state index in [2.05, 4.69) is 15.9 Å². The first kappa shape index (κ1) is 16.4. The number of esters is 1. The Kier molecular flexibility index (Phi) is 4.76. The first-order valence-electron chi connectivity index (χ1n) is 7.33. The van der Waals surface area contributed by atoms with Gasteiger partial charge in [-0.25, -0.2) is 9.18 Å². The predicted octanol–water partition coefficient (Wildman–Crippen LogP) is 5.71. The van der Waals surface area contributed by atoms with Gasteiger partial charge < -0.3 is 4.74 Å². The lowest BCUT2D eigenvalue weighted by atomic mass is 9.92. The van der Waals surface area contributed by atoms with Crippen molar-refractivity contribution in [2.45, 2.75) is 0 Å². The zero-order valence-corrected chi connectivity index (χ0v) is 14.5. The van der Waals surface area contributed by atoms with Gasteiger partial charge in [0, 0.05) is 4.47 Å². The van der Waals surface area contributed by atoms with E-state index in [-0.39, 0.29) is 5.82 Å². The van der Waals surface area contributed by atoms with Gasteiger partial charge >= 0.3 is 5.97 Å². The van der Waals surface area contributed by atoms with Crippen LogP contribution in [-0.4, -0.2) is 13.1 Å². The summed E-state index contributed by atoms with van der Waals surface area (Å²) in [6, 6.07) is 19.5. The van der Waals surface area contributed by atoms with E-state index in [9.17, 15) is 9.18 Å². The van der Waals surface area contributed by atoms with Crippen molar-refractivity contribution in [2.75, 3.05) is 7.11 Å². The van der Waals surface area contributed by atoms with Crippen LogP contribution in [0.3, 0.4) is 0 Å². The fourth-order valence-electron chi connectivity index (χ4n) is 2.63. The summed E-state index contributed by atoms with van der Waals surface area (Å²) in [6.45, 7) is 0. The molecular formula is C20H14BrFO2. The van der Waals surface area contributed by atoms with Gasteiger partial charge in [-0.3, -0.25) is 0 Å². The summed E-state index contributed by atoms with van der Waals surface area (Å²) >= 11 is 3.39. The quantitative estimate of drug-likeness (QED) is 0.540. The molecule has 0 amide bonds. The summed E-state index contributed by atoms with van der Waals surface area (Å²) in [5, 5.41) is 0. The monoisotopic (exact) mass is 384 g/mol. The topological polar surface area (TPSA) is 26.3 Å². The van der Waals surface area contributed by atoms with Gasteiger partial charge in [0.2, 0.25) is 0 Å². The predicted molar refractivity (Wildman–Crippen MR) is 96.3 cm³/mol. The van der Waals surface area contributed by atoms with Crippen molar-refractivity contribution >= 4 is 21.9 Å². The number of benzene rings is 3. The van der Waals surface area contributed by atoms with Gasteiger partial charge in [-0.05, 0) is 46.5 Å². The van der Waals surface area contributed by atoms with Gasteiger partial charge in [-0.15, -0.1) is 0 Å². The second-order valence-electron chi connectivity index (χ2n) is 5.23. The van der Waals surface area contributed by atoms with Gasteiger partial charge in [0.1, 0.15) is 5.82 Å². The van der Waals surface area contributed by atoms with Crippen LogP contribution in [0.15, 0.2) is 71.2 Å². The Morgan fingerprint density at radius 2 is 1.58 bits per heavy atom. The lowest BCUT2D eigenvalue weighted by Gasteiger charge is -2.13. The third kappa shape index (κ3) is 3.24. The number of rotatable bonds is 3. The summed E-state index contributed by atoms with van der Waals surface area (Å²) in [7, 11) is 1.36. The zero-order chi connectivity index (χ0) is 17.1. The summed E-state index contributed by atoms with van der Waals surface area (Å²) in [6.07, 6.45) is 0. The highest BCUT2D eigenvalue weighted by Crippen LogP contribution is 2.35. The molecule has 0 fully saturated rings. The van der Waals surface area contributed by atoms with Gasteiger partial charge in [-0.1, -0.05) is 58.4 Å². The molecule has 3 aromatic rings. The average Bonchev–Trinajstić information content (AvgIpc) is 2.62. The Morgan fingerprint density at radius 3 is 2.25 bits per heavy atom. The summed E-state index contributed by atoms with van der Waals surface area (Å²) < 4.78 is 18.9. The Labute approximate surface area is 148 Å². The van der Waals surface area contributed by atoms with Crippen LogP contribution in [0, 0.1) is 5.82 Å². The first-order chi connectivity index (χ1) is 11.6. The normalized spacial score (nSPS) is 10.5. The highest BCUT2D eigenvalue weighted by Gasteiger charge is 2.16. The highest BCUT2D eigenvalue weighted by atomic mass is 79.9. The van der Waals surface area contributed by atoms with E-state index in [4.69, 9.17) is 4.74 Å². The van der Waals surface area contributed by atoms with Crippen molar-refractivity contribution in [3.05, 3.63) is 82.6 Å². The molecule has 0 heterocycles. The van der Waals surface area contributed by atoms with Gasteiger partial charge in [-0.2, -0.15) is 0 Å². The molecule has 3 aromatic carbocycles. The highest BCUT2D eigenvalue weighted by molar-refractivity contribution is 9.10. The number of hydrogen-bond acceptors (Lipinski definition) is 2.